The third-order valence-corrected chi connectivity index (χ3v) is 8.73. The summed E-state index contributed by atoms with van der Waals surface area (Å²) < 4.78 is 11.6. The fourth-order valence-electron chi connectivity index (χ4n) is 6.33. The van der Waals surface area contributed by atoms with Crippen molar-refractivity contribution in [2.75, 3.05) is 12.4 Å². The summed E-state index contributed by atoms with van der Waals surface area (Å²) in [5.74, 6) is -0.774. The van der Waals surface area contributed by atoms with Crippen LogP contribution < -0.4 is 21.5 Å². The van der Waals surface area contributed by atoms with E-state index < -0.39 is 29.4 Å². The number of carbonyl (C=O) groups is 4. The average molecular weight is 603 g/mol. The first-order valence-electron chi connectivity index (χ1n) is 15.1. The molecule has 3 fully saturated rings. The van der Waals surface area contributed by atoms with E-state index in [9.17, 15) is 24.0 Å². The molecule has 2 bridgehead atoms. The number of aryl methyl sites for hydroxylation is 1. The van der Waals surface area contributed by atoms with Crippen LogP contribution in [-0.2, 0) is 25.7 Å². The number of nitrogens with one attached hydrogen (secondary N) is 3. The van der Waals surface area contributed by atoms with E-state index in [-0.39, 0.29) is 42.8 Å². The Balaban J connectivity index is 1.28. The van der Waals surface area contributed by atoms with Crippen LogP contribution in [-0.4, -0.2) is 47.5 Å². The minimum Gasteiger partial charge on any atom is -0.466 e. The molecule has 3 amide bonds. The molecule has 0 radical (unpaired) electrons. The van der Waals surface area contributed by atoms with Gasteiger partial charge in [0.1, 0.15) is 23.9 Å². The van der Waals surface area contributed by atoms with E-state index in [0.29, 0.717) is 23.0 Å². The third kappa shape index (κ3) is 7.10. The topological polar surface area (TPSA) is 149 Å². The number of hydrogen-bond donors (Lipinski definition) is 3. The number of ether oxygens (including phenoxy) is 1. The van der Waals surface area contributed by atoms with Crippen molar-refractivity contribution in [2.45, 2.75) is 70.5 Å². The maximum Gasteiger partial charge on any atom is 0.330 e. The van der Waals surface area contributed by atoms with Gasteiger partial charge in [0.2, 0.25) is 11.8 Å². The quantitative estimate of drug-likeness (QED) is 0.223. The van der Waals surface area contributed by atoms with Crippen LogP contribution in [0.2, 0.25) is 0 Å². The molecule has 11 nitrogen and oxygen atoms in total. The second-order valence-corrected chi connectivity index (χ2v) is 11.6. The lowest BCUT2D eigenvalue weighted by Crippen LogP contribution is -2.48. The van der Waals surface area contributed by atoms with Gasteiger partial charge in [0.25, 0.3) is 11.5 Å². The number of nitrogens with zero attached hydrogens (tertiary/aromatic N) is 1. The Morgan fingerprint density at radius 3 is 2.57 bits per heavy atom. The Hall–Kier alpha value is -4.67. The van der Waals surface area contributed by atoms with E-state index >= 15 is 0 Å². The van der Waals surface area contributed by atoms with Crippen molar-refractivity contribution in [1.29, 1.82) is 0 Å². The number of amides is 3. The number of para-hydroxylation sites is 1. The second kappa shape index (κ2) is 13.7. The maximum absolute atomic E-state index is 13.4. The minimum absolute atomic E-state index is 0.0220. The first kappa shape index (κ1) is 30.8. The normalized spacial score (nSPS) is 19.9. The molecule has 0 spiro atoms. The van der Waals surface area contributed by atoms with Crippen LogP contribution in [0, 0.1) is 18.8 Å². The number of rotatable bonds is 11. The van der Waals surface area contributed by atoms with Crippen LogP contribution >= 0.6 is 0 Å². The molecule has 2 atom stereocenters. The van der Waals surface area contributed by atoms with Gasteiger partial charge in [-0.05, 0) is 69.1 Å². The largest absolute Gasteiger partial charge is 0.466 e. The third-order valence-electron chi connectivity index (χ3n) is 8.73. The van der Waals surface area contributed by atoms with E-state index in [1.807, 2.05) is 12.1 Å². The molecule has 0 saturated heterocycles. The molecule has 3 aliphatic rings. The molecular weight excluding hydrogens is 564 g/mol. The number of hydrogen-bond acceptors (Lipinski definition) is 7. The zero-order valence-corrected chi connectivity index (χ0v) is 25.0. The molecule has 3 aromatic rings. The first-order chi connectivity index (χ1) is 21.2. The number of allylic oxidation sites excluding steroid dienone is 1. The van der Waals surface area contributed by atoms with Gasteiger partial charge < -0.3 is 29.7 Å². The Morgan fingerprint density at radius 2 is 1.86 bits per heavy atom. The maximum atomic E-state index is 13.4. The van der Waals surface area contributed by atoms with Crippen molar-refractivity contribution in [3.05, 3.63) is 76.4 Å². The summed E-state index contributed by atoms with van der Waals surface area (Å²) in [6.07, 6.45) is 10.3. The predicted molar refractivity (Wildman–Crippen MR) is 164 cm³/mol. The van der Waals surface area contributed by atoms with Crippen molar-refractivity contribution >= 4 is 40.3 Å². The number of anilines is 1. The number of aromatic nitrogens is 1. The molecule has 3 aliphatic carbocycles. The first-order valence-corrected chi connectivity index (χ1v) is 15.1. The van der Waals surface area contributed by atoms with E-state index in [1.165, 1.54) is 48.9 Å². The molecule has 11 heteroatoms. The lowest BCUT2D eigenvalue weighted by Gasteiger charge is -2.42. The van der Waals surface area contributed by atoms with Gasteiger partial charge in [-0.3, -0.25) is 19.2 Å². The van der Waals surface area contributed by atoms with Gasteiger partial charge in [-0.25, -0.2) is 4.79 Å². The average Bonchev–Trinajstić information content (AvgIpc) is 3.37. The summed E-state index contributed by atoms with van der Waals surface area (Å²) >= 11 is 0. The second-order valence-electron chi connectivity index (χ2n) is 11.6. The number of fused-ring (bicyclic) bond motifs is 4. The molecule has 3 N–H and O–H groups in total. The zero-order chi connectivity index (χ0) is 31.2. The fourth-order valence-corrected chi connectivity index (χ4v) is 6.33. The number of carbonyl (C=O) groups excluding carboxylic acids is 4. The fraction of sp³-hybridized carbons (Fsp3) is 0.424. The number of pyridine rings is 1. The Bertz CT molecular complexity index is 1630. The molecule has 3 saturated carbocycles. The highest BCUT2D eigenvalue weighted by Crippen LogP contribution is 2.41. The van der Waals surface area contributed by atoms with Crippen LogP contribution in [0.25, 0.3) is 11.0 Å². The Kier molecular flexibility index (Phi) is 9.62. The standard InChI is InChI=1S/C33H38N4O7/c1-20-23-8-3-5-11-27(23)44-30(20)32(41)35-24(9-4-6-12-29(39)43-2)31(40)36-25-10-7-17-37(33(25)42)19-28(38)34-26-18-21-13-15-22(26)16-14-21/h3,5-8,10-12,17,21-22,24,26H,4,9,13-16,18-19H2,1-2H3,(H,34,38)(H,35,41)(H,36,40)/b12-6+/t21?,22?,24-,26?/m0/s1. The zero-order valence-electron chi connectivity index (χ0n) is 25.0. The number of furan rings is 1. The van der Waals surface area contributed by atoms with Crippen molar-refractivity contribution in [3.8, 4) is 0 Å². The summed E-state index contributed by atoms with van der Waals surface area (Å²) in [4.78, 5) is 64.3. The van der Waals surface area contributed by atoms with Gasteiger partial charge in [-0.2, -0.15) is 0 Å². The molecule has 2 heterocycles. The van der Waals surface area contributed by atoms with Crippen LogP contribution in [0.15, 0.2) is 64.0 Å². The van der Waals surface area contributed by atoms with Gasteiger partial charge in [0, 0.05) is 29.3 Å². The van der Waals surface area contributed by atoms with Crippen molar-refractivity contribution < 1.29 is 28.3 Å². The van der Waals surface area contributed by atoms with Crippen LogP contribution in [0.1, 0.15) is 61.1 Å². The summed E-state index contributed by atoms with van der Waals surface area (Å²) in [6.45, 7) is 1.59. The molecule has 44 heavy (non-hydrogen) atoms. The molecule has 1 aromatic carbocycles. The van der Waals surface area contributed by atoms with E-state index in [1.54, 1.807) is 25.1 Å². The van der Waals surface area contributed by atoms with Gasteiger partial charge in [-0.15, -0.1) is 0 Å². The van der Waals surface area contributed by atoms with Crippen molar-refractivity contribution in [1.82, 2.24) is 15.2 Å². The Morgan fingerprint density at radius 1 is 1.09 bits per heavy atom. The summed E-state index contributed by atoms with van der Waals surface area (Å²) in [5, 5.41) is 9.23. The highest BCUT2D eigenvalue weighted by molar-refractivity contribution is 6.03. The molecule has 0 aliphatic heterocycles. The smallest absolute Gasteiger partial charge is 0.330 e. The Labute approximate surface area is 255 Å². The molecular formula is C33H38N4O7. The number of benzene rings is 1. The summed E-state index contributed by atoms with van der Waals surface area (Å²) in [6, 6.07) is 9.33. The van der Waals surface area contributed by atoms with E-state index in [4.69, 9.17) is 4.42 Å². The molecule has 232 valence electrons. The predicted octanol–water partition coefficient (Wildman–Crippen LogP) is 3.84. The van der Waals surface area contributed by atoms with Crippen LogP contribution in [0.3, 0.4) is 0 Å². The van der Waals surface area contributed by atoms with Gasteiger partial charge in [0.15, 0.2) is 5.76 Å². The molecule has 2 aromatic heterocycles. The van der Waals surface area contributed by atoms with Gasteiger partial charge >= 0.3 is 5.97 Å². The number of methoxy groups -OCH3 is 1. The van der Waals surface area contributed by atoms with Crippen LogP contribution in [0.5, 0.6) is 0 Å². The van der Waals surface area contributed by atoms with Crippen molar-refractivity contribution in [3.63, 3.8) is 0 Å². The van der Waals surface area contributed by atoms with Gasteiger partial charge in [0.05, 0.1) is 7.11 Å². The lowest BCUT2D eigenvalue weighted by molar-refractivity contribution is -0.134. The summed E-state index contributed by atoms with van der Waals surface area (Å²) in [5.41, 5.74) is 0.617. The van der Waals surface area contributed by atoms with Crippen LogP contribution in [0.4, 0.5) is 5.69 Å². The molecule has 1 unspecified atom stereocenters. The number of esters is 1. The summed E-state index contributed by atoms with van der Waals surface area (Å²) in [7, 11) is 1.26. The molecule has 6 rings (SSSR count). The lowest BCUT2D eigenvalue weighted by atomic mass is 9.68. The highest BCUT2D eigenvalue weighted by atomic mass is 16.5. The van der Waals surface area contributed by atoms with Crippen molar-refractivity contribution in [2.24, 2.45) is 11.8 Å². The SMILES string of the molecule is COC(=O)/C=C/CC[C@H](NC(=O)c1oc2ccccc2c1C)C(=O)Nc1cccn(CC(=O)NC2CC3CCC2CC3)c1=O. The minimum atomic E-state index is -1.07. The van der Waals surface area contributed by atoms with Gasteiger partial charge in [-0.1, -0.05) is 37.1 Å². The van der Waals surface area contributed by atoms with E-state index in [2.05, 4.69) is 20.7 Å². The monoisotopic (exact) mass is 602 g/mol. The highest BCUT2D eigenvalue weighted by Gasteiger charge is 2.36. The van der Waals surface area contributed by atoms with E-state index in [0.717, 1.165) is 24.6 Å².